The molecule has 1 N–H and O–H groups in total. The zero-order valence-corrected chi connectivity index (χ0v) is 25.2. The lowest BCUT2D eigenvalue weighted by molar-refractivity contribution is -0.139. The van der Waals surface area contributed by atoms with Crippen LogP contribution in [0.15, 0.2) is 88.2 Å². The van der Waals surface area contributed by atoms with Crippen LogP contribution in [0.4, 0.5) is 5.69 Å². The van der Waals surface area contributed by atoms with Crippen LogP contribution in [-0.2, 0) is 32.6 Å². The second kappa shape index (κ2) is 13.8. The van der Waals surface area contributed by atoms with E-state index in [1.807, 2.05) is 57.2 Å². The molecule has 9 heteroatoms. The normalized spacial score (nSPS) is 12.8. The highest BCUT2D eigenvalue weighted by molar-refractivity contribution is 9.10. The number of amides is 2. The summed E-state index contributed by atoms with van der Waals surface area (Å²) in [6.45, 7) is 7.23. The number of anilines is 1. The third-order valence-corrected chi connectivity index (χ3v) is 8.93. The van der Waals surface area contributed by atoms with Crippen molar-refractivity contribution in [3.63, 3.8) is 0 Å². The number of carbonyl (C=O) groups excluding carboxylic acids is 2. The van der Waals surface area contributed by atoms with Crippen molar-refractivity contribution in [1.82, 2.24) is 10.2 Å². The summed E-state index contributed by atoms with van der Waals surface area (Å²) in [7, 11) is -4.07. The Hall–Kier alpha value is -3.17. The van der Waals surface area contributed by atoms with Crippen LogP contribution in [0, 0.1) is 0 Å². The molecule has 0 spiro atoms. The smallest absolute Gasteiger partial charge is 0.264 e. The number of hydrogen-bond acceptors (Lipinski definition) is 4. The van der Waals surface area contributed by atoms with E-state index < -0.39 is 28.5 Å². The fourth-order valence-electron chi connectivity index (χ4n) is 4.03. The largest absolute Gasteiger partial charge is 0.352 e. The Morgan fingerprint density at radius 1 is 0.897 bits per heavy atom. The van der Waals surface area contributed by atoms with Gasteiger partial charge in [0, 0.05) is 17.1 Å². The predicted octanol–water partition coefficient (Wildman–Crippen LogP) is 5.54. The van der Waals surface area contributed by atoms with Crippen LogP contribution in [0.5, 0.6) is 0 Å². The molecule has 0 saturated heterocycles. The van der Waals surface area contributed by atoms with Crippen LogP contribution in [-0.4, -0.2) is 43.8 Å². The number of halogens is 1. The van der Waals surface area contributed by atoms with Gasteiger partial charge in [0.15, 0.2) is 0 Å². The lowest BCUT2D eigenvalue weighted by Crippen LogP contribution is -2.52. The second-order valence-electron chi connectivity index (χ2n) is 9.49. The zero-order valence-electron chi connectivity index (χ0n) is 22.8. The summed E-state index contributed by atoms with van der Waals surface area (Å²) >= 11 is 3.46. The molecule has 0 unspecified atom stereocenters. The molecule has 0 aromatic heterocycles. The van der Waals surface area contributed by atoms with Gasteiger partial charge in [-0.05, 0) is 74.2 Å². The molecular formula is C30H36BrN3O4S. The van der Waals surface area contributed by atoms with Crippen molar-refractivity contribution >= 4 is 43.5 Å². The van der Waals surface area contributed by atoms with Gasteiger partial charge >= 0.3 is 0 Å². The quantitative estimate of drug-likeness (QED) is 0.291. The molecule has 0 bridgehead atoms. The van der Waals surface area contributed by atoms with E-state index in [2.05, 4.69) is 21.2 Å². The van der Waals surface area contributed by atoms with Crippen LogP contribution in [0.3, 0.4) is 0 Å². The van der Waals surface area contributed by atoms with E-state index in [0.717, 1.165) is 32.7 Å². The summed E-state index contributed by atoms with van der Waals surface area (Å²) in [6.07, 6.45) is 1.54. The van der Waals surface area contributed by atoms with Crippen molar-refractivity contribution in [3.8, 4) is 0 Å². The van der Waals surface area contributed by atoms with Gasteiger partial charge in [-0.1, -0.05) is 72.2 Å². The van der Waals surface area contributed by atoms with Crippen LogP contribution >= 0.6 is 15.9 Å². The van der Waals surface area contributed by atoms with Gasteiger partial charge in [-0.15, -0.1) is 0 Å². The maximum absolute atomic E-state index is 13.9. The maximum atomic E-state index is 13.9. The number of nitrogens with zero attached hydrogens (tertiary/aromatic N) is 2. The standard InChI is InChI=1S/C30H36BrN3O4S/c1-5-22(3)32-30(36)23(4)33(20-25-11-10-12-26(31)19-25)29(35)21-34(27-17-15-24(6-2)16-18-27)39(37,38)28-13-8-7-9-14-28/h7-19,22-23H,5-6,20-21H2,1-4H3,(H,32,36)/t22-,23+/m0/s1. The molecule has 0 heterocycles. The van der Waals surface area contributed by atoms with E-state index >= 15 is 0 Å². The third-order valence-electron chi connectivity index (χ3n) is 6.65. The van der Waals surface area contributed by atoms with Crippen LogP contribution in [0.25, 0.3) is 0 Å². The summed E-state index contributed by atoms with van der Waals surface area (Å²) in [4.78, 5) is 28.6. The molecule has 3 aromatic carbocycles. The van der Waals surface area contributed by atoms with Crippen molar-refractivity contribution in [2.45, 2.75) is 64.1 Å². The summed E-state index contributed by atoms with van der Waals surface area (Å²) in [5.41, 5.74) is 2.24. The Morgan fingerprint density at radius 3 is 2.15 bits per heavy atom. The minimum absolute atomic E-state index is 0.0604. The molecule has 0 saturated carbocycles. The molecule has 2 atom stereocenters. The molecular weight excluding hydrogens is 578 g/mol. The van der Waals surface area contributed by atoms with Crippen molar-refractivity contribution in [3.05, 3.63) is 94.5 Å². The van der Waals surface area contributed by atoms with Gasteiger partial charge in [0.05, 0.1) is 10.6 Å². The molecule has 2 amide bonds. The van der Waals surface area contributed by atoms with Gasteiger partial charge in [-0.3, -0.25) is 13.9 Å². The zero-order chi connectivity index (χ0) is 28.6. The van der Waals surface area contributed by atoms with E-state index in [1.54, 1.807) is 37.3 Å². The number of sulfonamides is 1. The van der Waals surface area contributed by atoms with Crippen molar-refractivity contribution in [2.24, 2.45) is 0 Å². The average Bonchev–Trinajstić information content (AvgIpc) is 2.94. The van der Waals surface area contributed by atoms with Crippen molar-refractivity contribution < 1.29 is 18.0 Å². The maximum Gasteiger partial charge on any atom is 0.264 e. The highest BCUT2D eigenvalue weighted by Gasteiger charge is 2.32. The number of carbonyl (C=O) groups is 2. The Bertz CT molecular complexity index is 1360. The third kappa shape index (κ3) is 7.92. The van der Waals surface area contributed by atoms with Gasteiger partial charge in [0.2, 0.25) is 11.8 Å². The number of benzene rings is 3. The molecule has 0 fully saturated rings. The van der Waals surface area contributed by atoms with E-state index in [9.17, 15) is 18.0 Å². The van der Waals surface area contributed by atoms with E-state index in [4.69, 9.17) is 0 Å². The molecule has 0 radical (unpaired) electrons. The van der Waals surface area contributed by atoms with E-state index in [0.29, 0.717) is 5.69 Å². The Morgan fingerprint density at radius 2 is 1.56 bits per heavy atom. The van der Waals surface area contributed by atoms with Crippen LogP contribution < -0.4 is 9.62 Å². The van der Waals surface area contributed by atoms with Gasteiger partial charge in [0.25, 0.3) is 10.0 Å². The molecule has 3 aromatic rings. The highest BCUT2D eigenvalue weighted by atomic mass is 79.9. The van der Waals surface area contributed by atoms with Gasteiger partial charge < -0.3 is 10.2 Å². The first-order chi connectivity index (χ1) is 18.6. The fourth-order valence-corrected chi connectivity index (χ4v) is 5.91. The first kappa shape index (κ1) is 30.4. The number of aryl methyl sites for hydroxylation is 1. The lowest BCUT2D eigenvalue weighted by atomic mass is 10.1. The Balaban J connectivity index is 2.02. The molecule has 3 rings (SSSR count). The lowest BCUT2D eigenvalue weighted by Gasteiger charge is -2.32. The first-order valence-electron chi connectivity index (χ1n) is 13.1. The molecule has 7 nitrogen and oxygen atoms in total. The van der Waals surface area contributed by atoms with Gasteiger partial charge in [0.1, 0.15) is 12.6 Å². The van der Waals surface area contributed by atoms with Gasteiger partial charge in [-0.25, -0.2) is 8.42 Å². The number of nitrogens with one attached hydrogen (secondary N) is 1. The summed E-state index contributed by atoms with van der Waals surface area (Å²) < 4.78 is 29.6. The fraction of sp³-hybridized carbons (Fsp3) is 0.333. The average molecular weight is 615 g/mol. The minimum atomic E-state index is -4.07. The first-order valence-corrected chi connectivity index (χ1v) is 15.3. The summed E-state index contributed by atoms with van der Waals surface area (Å²) in [5.74, 6) is -0.779. The molecule has 0 aliphatic heterocycles. The number of hydrogen-bond donors (Lipinski definition) is 1. The summed E-state index contributed by atoms with van der Waals surface area (Å²) in [6, 6.07) is 21.8. The van der Waals surface area contributed by atoms with Crippen LogP contribution in [0.2, 0.25) is 0 Å². The Kier molecular flexibility index (Phi) is 10.7. The van der Waals surface area contributed by atoms with E-state index in [-0.39, 0.29) is 23.4 Å². The monoisotopic (exact) mass is 613 g/mol. The van der Waals surface area contributed by atoms with Crippen LogP contribution in [0.1, 0.15) is 45.2 Å². The van der Waals surface area contributed by atoms with Gasteiger partial charge in [-0.2, -0.15) is 0 Å². The molecule has 0 aliphatic rings. The van der Waals surface area contributed by atoms with Crippen molar-refractivity contribution in [2.75, 3.05) is 10.8 Å². The Labute approximate surface area is 240 Å². The second-order valence-corrected chi connectivity index (χ2v) is 12.3. The van der Waals surface area contributed by atoms with E-state index in [1.165, 1.54) is 17.0 Å². The highest BCUT2D eigenvalue weighted by Crippen LogP contribution is 2.25. The molecule has 208 valence electrons. The van der Waals surface area contributed by atoms with Crippen molar-refractivity contribution in [1.29, 1.82) is 0 Å². The molecule has 39 heavy (non-hydrogen) atoms. The molecule has 0 aliphatic carbocycles. The topological polar surface area (TPSA) is 86.8 Å². The predicted molar refractivity (Wildman–Crippen MR) is 159 cm³/mol. The number of rotatable bonds is 12. The minimum Gasteiger partial charge on any atom is -0.352 e. The summed E-state index contributed by atoms with van der Waals surface area (Å²) in [5, 5.41) is 2.94. The SMILES string of the molecule is CCc1ccc(N(CC(=O)N(Cc2cccc(Br)c2)[C@H](C)C(=O)N[C@@H](C)CC)S(=O)(=O)c2ccccc2)cc1.